The Balaban J connectivity index is 2.11. The van der Waals surface area contributed by atoms with Gasteiger partial charge in [0, 0.05) is 19.4 Å². The highest BCUT2D eigenvalue weighted by Gasteiger charge is 2.12. The molecule has 2 rings (SSSR count). The number of H-pyrrole nitrogens is 1. The molecule has 0 saturated carbocycles. The van der Waals surface area contributed by atoms with E-state index in [2.05, 4.69) is 15.2 Å². The lowest BCUT2D eigenvalue weighted by Crippen LogP contribution is -2.20. The zero-order valence-electron chi connectivity index (χ0n) is 10.4. The first-order valence-electron chi connectivity index (χ1n) is 5.66. The third kappa shape index (κ3) is 3.44. The average molecular weight is 262 g/mol. The van der Waals surface area contributed by atoms with Crippen molar-refractivity contribution in [1.29, 1.82) is 0 Å². The molecule has 2 aromatic rings. The molecule has 0 bridgehead atoms. The molecule has 2 heterocycles. The molecule has 0 fully saturated rings. The summed E-state index contributed by atoms with van der Waals surface area (Å²) in [5.41, 5.74) is 0.928. The van der Waals surface area contributed by atoms with Crippen LogP contribution >= 0.6 is 0 Å². The van der Waals surface area contributed by atoms with Gasteiger partial charge >= 0.3 is 5.97 Å². The van der Waals surface area contributed by atoms with Crippen molar-refractivity contribution >= 4 is 11.8 Å². The number of hydrogen-bond donors (Lipinski definition) is 2. The first-order valence-corrected chi connectivity index (χ1v) is 5.66. The summed E-state index contributed by atoms with van der Waals surface area (Å²) in [4.78, 5) is 16.6. The second-order valence-corrected chi connectivity index (χ2v) is 3.95. The monoisotopic (exact) mass is 262 g/mol. The van der Waals surface area contributed by atoms with Crippen molar-refractivity contribution in [3.05, 3.63) is 36.3 Å². The van der Waals surface area contributed by atoms with E-state index in [4.69, 9.17) is 9.84 Å². The van der Waals surface area contributed by atoms with Crippen LogP contribution in [-0.2, 0) is 11.3 Å². The summed E-state index contributed by atoms with van der Waals surface area (Å²) in [6.45, 7) is 0.178. The van der Waals surface area contributed by atoms with E-state index in [1.807, 2.05) is 18.0 Å². The molecule has 7 nitrogen and oxygen atoms in total. The molecular formula is C12H14N4O3. The van der Waals surface area contributed by atoms with Crippen molar-refractivity contribution in [2.24, 2.45) is 0 Å². The molecular weight excluding hydrogens is 248 g/mol. The molecule has 0 spiro atoms. The van der Waals surface area contributed by atoms with Gasteiger partial charge in [-0.2, -0.15) is 5.10 Å². The Morgan fingerprint density at radius 3 is 3.00 bits per heavy atom. The number of rotatable bonds is 6. The standard InChI is InChI=1S/C12H14N4O3/c1-16(7-9-4-6-14-15-9)12-10(3-2-5-13-12)19-8-11(17)18/h2-6H,7-8H2,1H3,(H,14,15)(H,17,18). The van der Waals surface area contributed by atoms with Crippen LogP contribution in [0.5, 0.6) is 5.75 Å². The number of nitrogens with one attached hydrogen (secondary N) is 1. The predicted octanol–water partition coefficient (Wildman–Crippen LogP) is 0.904. The number of aliphatic carboxylic acids is 1. The van der Waals surface area contributed by atoms with E-state index < -0.39 is 12.6 Å². The highest BCUT2D eigenvalue weighted by molar-refractivity contribution is 5.69. The van der Waals surface area contributed by atoms with E-state index in [1.54, 1.807) is 24.5 Å². The summed E-state index contributed by atoms with van der Waals surface area (Å²) >= 11 is 0. The molecule has 100 valence electrons. The number of anilines is 1. The molecule has 2 aromatic heterocycles. The Labute approximate surface area is 109 Å². The number of aromatic nitrogens is 3. The Hall–Kier alpha value is -2.57. The number of carboxylic acid groups (broad SMARTS) is 1. The van der Waals surface area contributed by atoms with Crippen molar-refractivity contribution in [1.82, 2.24) is 15.2 Å². The minimum absolute atomic E-state index is 0.392. The highest BCUT2D eigenvalue weighted by atomic mass is 16.5. The summed E-state index contributed by atoms with van der Waals surface area (Å²) in [7, 11) is 1.84. The number of ether oxygens (including phenoxy) is 1. The van der Waals surface area contributed by atoms with Crippen LogP contribution in [0, 0.1) is 0 Å². The highest BCUT2D eigenvalue weighted by Crippen LogP contribution is 2.25. The summed E-state index contributed by atoms with van der Waals surface area (Å²) in [5, 5.41) is 15.4. The maximum Gasteiger partial charge on any atom is 0.341 e. The largest absolute Gasteiger partial charge is 0.479 e. The maximum atomic E-state index is 10.5. The van der Waals surface area contributed by atoms with Crippen LogP contribution in [0.1, 0.15) is 5.69 Å². The number of nitrogens with zero attached hydrogens (tertiary/aromatic N) is 3. The number of carbonyl (C=O) groups is 1. The van der Waals surface area contributed by atoms with Gasteiger partial charge in [-0.3, -0.25) is 5.10 Å². The topological polar surface area (TPSA) is 91.3 Å². The normalized spacial score (nSPS) is 10.2. The number of carboxylic acids is 1. The van der Waals surface area contributed by atoms with Crippen LogP contribution < -0.4 is 9.64 Å². The van der Waals surface area contributed by atoms with Gasteiger partial charge in [-0.1, -0.05) is 0 Å². The predicted molar refractivity (Wildman–Crippen MR) is 68.1 cm³/mol. The van der Waals surface area contributed by atoms with Gasteiger partial charge in [0.15, 0.2) is 18.2 Å². The number of aromatic amines is 1. The average Bonchev–Trinajstić information content (AvgIpc) is 2.89. The third-order valence-corrected chi connectivity index (χ3v) is 2.43. The van der Waals surface area contributed by atoms with Crippen LogP contribution in [-0.4, -0.2) is 39.9 Å². The van der Waals surface area contributed by atoms with Gasteiger partial charge in [-0.25, -0.2) is 9.78 Å². The Bertz CT molecular complexity index is 542. The maximum absolute atomic E-state index is 10.5. The van der Waals surface area contributed by atoms with Crippen LogP contribution in [0.15, 0.2) is 30.6 Å². The molecule has 0 aromatic carbocycles. The van der Waals surface area contributed by atoms with E-state index in [-0.39, 0.29) is 0 Å². The van der Waals surface area contributed by atoms with Gasteiger partial charge in [0.25, 0.3) is 0 Å². The zero-order chi connectivity index (χ0) is 13.7. The summed E-state index contributed by atoms with van der Waals surface area (Å²) in [6, 6.07) is 5.25. The van der Waals surface area contributed by atoms with Crippen molar-refractivity contribution in [2.45, 2.75) is 6.54 Å². The fourth-order valence-electron chi connectivity index (χ4n) is 1.62. The lowest BCUT2D eigenvalue weighted by Gasteiger charge is -2.19. The molecule has 0 aliphatic rings. The van der Waals surface area contributed by atoms with Gasteiger partial charge in [0.2, 0.25) is 0 Å². The zero-order valence-corrected chi connectivity index (χ0v) is 10.4. The molecule has 2 N–H and O–H groups in total. The second-order valence-electron chi connectivity index (χ2n) is 3.95. The van der Waals surface area contributed by atoms with Crippen molar-refractivity contribution in [2.75, 3.05) is 18.6 Å². The van der Waals surface area contributed by atoms with Gasteiger partial charge in [0.1, 0.15) is 0 Å². The molecule has 7 heteroatoms. The molecule has 0 aliphatic heterocycles. The summed E-state index contributed by atoms with van der Waals surface area (Å²) in [5.74, 6) is -0.00344. The second kappa shape index (κ2) is 5.85. The minimum atomic E-state index is -1.02. The number of hydrogen-bond acceptors (Lipinski definition) is 5. The fourth-order valence-corrected chi connectivity index (χ4v) is 1.62. The quantitative estimate of drug-likeness (QED) is 0.803. The Morgan fingerprint density at radius 2 is 2.32 bits per heavy atom. The van der Waals surface area contributed by atoms with Gasteiger partial charge < -0.3 is 14.7 Å². The first-order chi connectivity index (χ1) is 9.16. The Morgan fingerprint density at radius 1 is 1.47 bits per heavy atom. The van der Waals surface area contributed by atoms with Gasteiger partial charge in [0.05, 0.1) is 12.2 Å². The molecule has 0 amide bonds. The van der Waals surface area contributed by atoms with Crippen molar-refractivity contribution in [3.8, 4) is 5.75 Å². The SMILES string of the molecule is CN(Cc1ccn[nH]1)c1ncccc1OCC(=O)O. The van der Waals surface area contributed by atoms with Crippen LogP contribution in [0.2, 0.25) is 0 Å². The van der Waals surface area contributed by atoms with Crippen LogP contribution in [0.3, 0.4) is 0 Å². The van der Waals surface area contributed by atoms with Crippen molar-refractivity contribution < 1.29 is 14.6 Å². The van der Waals surface area contributed by atoms with Gasteiger partial charge in [-0.05, 0) is 18.2 Å². The summed E-state index contributed by atoms with van der Waals surface area (Å²) < 4.78 is 5.21. The number of pyridine rings is 1. The molecule has 0 radical (unpaired) electrons. The van der Waals surface area contributed by atoms with Crippen molar-refractivity contribution in [3.63, 3.8) is 0 Å². The van der Waals surface area contributed by atoms with Crippen LogP contribution in [0.4, 0.5) is 5.82 Å². The first kappa shape index (κ1) is 12.9. The Kier molecular flexibility index (Phi) is 3.97. The van der Waals surface area contributed by atoms with E-state index in [9.17, 15) is 4.79 Å². The van der Waals surface area contributed by atoms with E-state index >= 15 is 0 Å². The smallest absolute Gasteiger partial charge is 0.341 e. The van der Waals surface area contributed by atoms with Crippen LogP contribution in [0.25, 0.3) is 0 Å². The molecule has 19 heavy (non-hydrogen) atoms. The minimum Gasteiger partial charge on any atom is -0.479 e. The van der Waals surface area contributed by atoms with E-state index in [0.29, 0.717) is 18.1 Å². The lowest BCUT2D eigenvalue weighted by molar-refractivity contribution is -0.139. The molecule has 0 saturated heterocycles. The fraction of sp³-hybridized carbons (Fsp3) is 0.250. The van der Waals surface area contributed by atoms with E-state index in [1.165, 1.54) is 0 Å². The van der Waals surface area contributed by atoms with E-state index in [0.717, 1.165) is 5.69 Å². The molecule has 0 atom stereocenters. The molecule has 0 aliphatic carbocycles. The lowest BCUT2D eigenvalue weighted by atomic mass is 10.3. The molecule has 0 unspecified atom stereocenters. The van der Waals surface area contributed by atoms with Gasteiger partial charge in [-0.15, -0.1) is 0 Å². The third-order valence-electron chi connectivity index (χ3n) is 2.43. The summed E-state index contributed by atoms with van der Waals surface area (Å²) in [6.07, 6.45) is 3.30.